The van der Waals surface area contributed by atoms with E-state index in [0.29, 0.717) is 0 Å². The molecule has 0 fully saturated rings. The quantitative estimate of drug-likeness (QED) is 0.346. The van der Waals surface area contributed by atoms with Gasteiger partial charge in [0, 0.05) is 0 Å². The van der Waals surface area contributed by atoms with Gasteiger partial charge in [0.05, 0.1) is 0 Å². The summed E-state index contributed by atoms with van der Waals surface area (Å²) < 4.78 is 17.1. The summed E-state index contributed by atoms with van der Waals surface area (Å²) in [7, 11) is -10.8. The van der Waals surface area contributed by atoms with E-state index in [1.807, 2.05) is 6.08 Å². The molecule has 0 saturated heterocycles. The Labute approximate surface area is 88.4 Å². The van der Waals surface area contributed by atoms with E-state index in [0.717, 1.165) is 6.42 Å². The van der Waals surface area contributed by atoms with Gasteiger partial charge in [0.15, 0.2) is 0 Å². The molecule has 0 radical (unpaired) electrons. The monoisotopic (exact) mass is 262 g/mol. The first-order valence-corrected chi connectivity index (χ1v) is 5.91. The van der Waals surface area contributed by atoms with Crippen LogP contribution in [0.15, 0.2) is 12.7 Å². The number of allylic oxidation sites excluding steroid dienone is 1. The van der Waals surface area contributed by atoms with E-state index in [4.69, 9.17) is 38.5 Å². The maximum Gasteiger partial charge on any atom is -0.0382 e. The Balaban J connectivity index is -0.0000000590. The van der Waals surface area contributed by atoms with E-state index in [-0.39, 0.29) is 7.43 Å². The minimum absolute atomic E-state index is 0. The van der Waals surface area contributed by atoms with Gasteiger partial charge >= 0.3 is 0 Å². The van der Waals surface area contributed by atoms with Crippen molar-refractivity contribution in [1.29, 1.82) is 0 Å². The Bertz CT molecular complexity index is 179. The number of rotatable bonds is 1. The van der Waals surface area contributed by atoms with Gasteiger partial charge in [-0.25, -0.2) is 0 Å². The molecule has 0 heterocycles. The van der Waals surface area contributed by atoms with Crippen molar-refractivity contribution in [3.8, 4) is 0 Å². The molecule has 0 aliphatic heterocycles. The maximum absolute atomic E-state index is 8.55. The van der Waals surface area contributed by atoms with Gasteiger partial charge in [-0.05, 0) is 6.42 Å². The fraction of sp³-hybridized carbons (Fsp3) is 0.600. The molecule has 15 heavy (non-hydrogen) atoms. The van der Waals surface area contributed by atoms with E-state index in [1.54, 1.807) is 0 Å². The minimum atomic E-state index is -5.39. The molecule has 10 heteroatoms. The Morgan fingerprint density at radius 1 is 1.00 bits per heavy atom. The molecule has 0 aromatic rings. The Kier molecular flexibility index (Phi) is 19.5. The molecule has 0 rings (SSSR count). The van der Waals surface area contributed by atoms with Crippen molar-refractivity contribution in [3.63, 3.8) is 0 Å². The van der Waals surface area contributed by atoms with Crippen LogP contribution in [-0.2, 0) is 9.13 Å². The van der Waals surface area contributed by atoms with Crippen molar-refractivity contribution < 1.29 is 38.5 Å². The molecule has 0 unspecified atom stereocenters. The van der Waals surface area contributed by atoms with Crippen LogP contribution in [0.1, 0.15) is 20.8 Å². The van der Waals surface area contributed by atoms with Gasteiger partial charge in [-0.15, -0.1) is 6.58 Å². The van der Waals surface area contributed by atoms with Gasteiger partial charge in [-0.1, -0.05) is 20.4 Å². The van der Waals surface area contributed by atoms with Crippen LogP contribution < -0.4 is 29.4 Å². The fourth-order valence-corrected chi connectivity index (χ4v) is 0. The van der Waals surface area contributed by atoms with Crippen molar-refractivity contribution >= 4 is 15.6 Å². The topological polar surface area (TPSA) is 172 Å². The number of hydrogen-bond acceptors (Lipinski definition) is 8. The number of hydrogen-bond donors (Lipinski definition) is 0. The van der Waals surface area contributed by atoms with Gasteiger partial charge in [0.1, 0.15) is 0 Å². The Hall–Kier alpha value is -0.0400. The summed E-state index contributed by atoms with van der Waals surface area (Å²) in [6.45, 7) is 5.54. The van der Waals surface area contributed by atoms with E-state index >= 15 is 0 Å². The van der Waals surface area contributed by atoms with Crippen LogP contribution in [0.3, 0.4) is 0 Å². The maximum atomic E-state index is 8.55. The lowest BCUT2D eigenvalue weighted by Crippen LogP contribution is -2.24. The van der Waals surface area contributed by atoms with E-state index < -0.39 is 15.6 Å². The highest BCUT2D eigenvalue weighted by atomic mass is 31.2. The van der Waals surface area contributed by atoms with Crippen LogP contribution in [0.4, 0.5) is 0 Å². The third-order valence-electron chi connectivity index (χ3n) is 0.289. The molecule has 0 spiro atoms. The second-order valence-electron chi connectivity index (χ2n) is 1.59. The molecule has 0 saturated carbocycles. The fourth-order valence-electron chi connectivity index (χ4n) is 0. The molecule has 0 N–H and O–H groups in total. The molecule has 0 aliphatic rings. The molecular formula is C5H12O8P2-6. The number of phosphoric acid groups is 2. The minimum Gasteiger partial charge on any atom is -0.822 e. The lowest BCUT2D eigenvalue weighted by Gasteiger charge is -2.36. The van der Waals surface area contributed by atoms with Crippen molar-refractivity contribution in [2.45, 2.75) is 20.8 Å². The summed E-state index contributed by atoms with van der Waals surface area (Å²) in [6, 6.07) is 0. The Morgan fingerprint density at radius 2 is 1.07 bits per heavy atom. The highest BCUT2D eigenvalue weighted by Gasteiger charge is 1.45. The first kappa shape index (κ1) is 24.3. The van der Waals surface area contributed by atoms with Gasteiger partial charge in [0.25, 0.3) is 0 Å². The lowest BCUT2D eigenvalue weighted by molar-refractivity contribution is -0.434. The first-order valence-electron chi connectivity index (χ1n) is 2.98. The molecule has 0 atom stereocenters. The van der Waals surface area contributed by atoms with E-state index in [2.05, 4.69) is 13.5 Å². The van der Waals surface area contributed by atoms with Gasteiger partial charge in [0.2, 0.25) is 0 Å². The molecule has 0 aromatic carbocycles. The third kappa shape index (κ3) is 2170. The van der Waals surface area contributed by atoms with Crippen molar-refractivity contribution in [2.75, 3.05) is 0 Å². The molecule has 96 valence electrons. The summed E-state index contributed by atoms with van der Waals surface area (Å²) in [5.41, 5.74) is 0. The zero-order valence-corrected chi connectivity index (χ0v) is 8.94. The Morgan fingerprint density at radius 3 is 1.07 bits per heavy atom. The van der Waals surface area contributed by atoms with Crippen LogP contribution in [0.5, 0.6) is 0 Å². The van der Waals surface area contributed by atoms with Gasteiger partial charge < -0.3 is 38.5 Å². The molecule has 0 aliphatic carbocycles. The summed E-state index contributed by atoms with van der Waals surface area (Å²) in [5, 5.41) is 0. The third-order valence-corrected chi connectivity index (χ3v) is 0.289. The average molecular weight is 262 g/mol. The average Bonchev–Trinajstić information content (AvgIpc) is 1.79. The predicted molar refractivity (Wildman–Crippen MR) is 42.4 cm³/mol. The van der Waals surface area contributed by atoms with Crippen LogP contribution in [-0.4, -0.2) is 0 Å². The largest absolute Gasteiger partial charge is 0.822 e. The zero-order chi connectivity index (χ0) is 12.4. The standard InChI is InChI=1S/C4H8.CH4.2H3O4P/c1-3-4-2;;2*1-5(2,3)4/h3H,1,4H2,2H3;1H4;2*(H3,1,2,3,4)/p-6. The molecule has 0 bridgehead atoms. The summed E-state index contributed by atoms with van der Waals surface area (Å²) in [4.78, 5) is 51.3. The second kappa shape index (κ2) is 12.0. The van der Waals surface area contributed by atoms with Crippen molar-refractivity contribution in [1.82, 2.24) is 0 Å². The van der Waals surface area contributed by atoms with Gasteiger partial charge in [-0.2, -0.15) is 15.6 Å². The summed E-state index contributed by atoms with van der Waals surface area (Å²) in [5.74, 6) is 0. The van der Waals surface area contributed by atoms with Gasteiger partial charge in [-0.3, -0.25) is 0 Å². The highest BCUT2D eigenvalue weighted by Crippen LogP contribution is 2.03. The van der Waals surface area contributed by atoms with Crippen molar-refractivity contribution in [2.24, 2.45) is 0 Å². The molecule has 8 nitrogen and oxygen atoms in total. The van der Waals surface area contributed by atoms with E-state index in [1.165, 1.54) is 0 Å². The first-order chi connectivity index (χ1) is 5.91. The second-order valence-corrected chi connectivity index (χ2v) is 3.38. The summed E-state index contributed by atoms with van der Waals surface area (Å²) >= 11 is 0. The van der Waals surface area contributed by atoms with Crippen LogP contribution >= 0.6 is 15.6 Å². The van der Waals surface area contributed by atoms with Crippen LogP contribution in [0.25, 0.3) is 0 Å². The van der Waals surface area contributed by atoms with E-state index in [9.17, 15) is 0 Å². The van der Waals surface area contributed by atoms with Crippen LogP contribution in [0.2, 0.25) is 0 Å². The molecule has 0 aromatic heterocycles. The predicted octanol–water partition coefficient (Wildman–Crippen LogP) is -3.43. The van der Waals surface area contributed by atoms with Crippen LogP contribution in [0, 0.1) is 0 Å². The smallest absolute Gasteiger partial charge is 0.0382 e. The molecule has 0 amide bonds. The highest BCUT2D eigenvalue weighted by molar-refractivity contribution is 7.40. The lowest BCUT2D eigenvalue weighted by atomic mass is 10.5. The zero-order valence-electron chi connectivity index (χ0n) is 7.15. The molecular weight excluding hydrogens is 250 g/mol. The summed E-state index contributed by atoms with van der Waals surface area (Å²) in [6.07, 6.45) is 2.96. The SMILES string of the molecule is C.C=CCC.O=P([O-])([O-])[O-].O=P([O-])([O-])[O-]. The van der Waals surface area contributed by atoms with Crippen molar-refractivity contribution in [3.05, 3.63) is 12.7 Å². The normalized spacial score (nSPS) is 9.53.